The van der Waals surface area contributed by atoms with Gasteiger partial charge in [0.05, 0.1) is 5.25 Å². The second kappa shape index (κ2) is 4.32. The zero-order chi connectivity index (χ0) is 13.7. The van der Waals surface area contributed by atoms with E-state index in [1.165, 1.54) is 0 Å². The number of rotatable bonds is 1. The van der Waals surface area contributed by atoms with Gasteiger partial charge in [0.2, 0.25) is 0 Å². The Morgan fingerprint density at radius 2 is 2.25 bits per heavy atom. The van der Waals surface area contributed by atoms with Gasteiger partial charge in [0.15, 0.2) is 5.72 Å². The van der Waals surface area contributed by atoms with Crippen LogP contribution in [-0.2, 0) is 12.1 Å². The van der Waals surface area contributed by atoms with Crippen LogP contribution in [0.15, 0.2) is 47.7 Å². The highest BCUT2D eigenvalue weighted by Crippen LogP contribution is 2.50. The number of nitrogens with zero attached hydrogens (tertiary/aromatic N) is 2. The van der Waals surface area contributed by atoms with Crippen LogP contribution in [0.25, 0.3) is 0 Å². The lowest BCUT2D eigenvalue weighted by Gasteiger charge is -2.19. The highest BCUT2D eigenvalue weighted by atomic mass is 35.5. The van der Waals surface area contributed by atoms with Gasteiger partial charge in [0, 0.05) is 28.5 Å². The van der Waals surface area contributed by atoms with Crippen LogP contribution in [-0.4, -0.2) is 20.4 Å². The monoisotopic (exact) mass is 302 g/mol. The fraction of sp³-hybridized carbons (Fsp3) is 0.200. The molecule has 2 aromatic rings. The number of aliphatic imine (C=N–C) groups is 1. The van der Waals surface area contributed by atoms with E-state index in [1.807, 2.05) is 30.3 Å². The number of pyridine rings is 1. The molecule has 0 saturated carbocycles. The summed E-state index contributed by atoms with van der Waals surface area (Å²) in [6.07, 6.45) is 4.29. The Hall–Kier alpha value is -1.36. The molecule has 1 N–H and O–H groups in total. The second-order valence-corrected chi connectivity index (χ2v) is 6.62. The van der Waals surface area contributed by atoms with Crippen molar-refractivity contribution in [1.29, 1.82) is 0 Å². The fourth-order valence-electron chi connectivity index (χ4n) is 2.80. The molecule has 0 spiro atoms. The first-order valence-corrected chi connectivity index (χ1v) is 7.61. The van der Waals surface area contributed by atoms with E-state index in [2.05, 4.69) is 9.98 Å². The van der Waals surface area contributed by atoms with Crippen molar-refractivity contribution in [2.45, 2.75) is 17.4 Å². The Labute approximate surface area is 125 Å². The second-order valence-electron chi connectivity index (χ2n) is 5.00. The molecule has 0 bridgehead atoms. The predicted molar refractivity (Wildman–Crippen MR) is 81.2 cm³/mol. The maximum atomic E-state index is 10.9. The molecule has 2 aliphatic rings. The minimum Gasteiger partial charge on any atom is -0.365 e. The molecule has 2 atom stereocenters. The van der Waals surface area contributed by atoms with Crippen molar-refractivity contribution in [1.82, 2.24) is 4.98 Å². The lowest BCUT2D eigenvalue weighted by atomic mass is 10.1. The maximum absolute atomic E-state index is 10.9. The molecule has 1 aromatic carbocycles. The number of aliphatic hydroxyl groups is 1. The first-order valence-electron chi connectivity index (χ1n) is 6.35. The standard InChI is InChI=1S/C15H11ClN2OS/c16-11-3-4-12-10(6-11)7-13-15(12,19)18-14(20-13)9-2-1-5-17-8-9/h1-6,8,13,19H,7H2. The van der Waals surface area contributed by atoms with Gasteiger partial charge in [0.25, 0.3) is 0 Å². The third kappa shape index (κ3) is 1.72. The molecule has 20 heavy (non-hydrogen) atoms. The van der Waals surface area contributed by atoms with Gasteiger partial charge < -0.3 is 5.11 Å². The summed E-state index contributed by atoms with van der Waals surface area (Å²) < 4.78 is 0. The van der Waals surface area contributed by atoms with Crippen LogP contribution in [0, 0.1) is 0 Å². The number of benzene rings is 1. The summed E-state index contributed by atoms with van der Waals surface area (Å²) >= 11 is 7.63. The topological polar surface area (TPSA) is 45.5 Å². The van der Waals surface area contributed by atoms with Crippen LogP contribution in [0.4, 0.5) is 0 Å². The maximum Gasteiger partial charge on any atom is 0.196 e. The molecule has 0 saturated heterocycles. The van der Waals surface area contributed by atoms with Gasteiger partial charge in [-0.05, 0) is 36.2 Å². The molecule has 5 heteroatoms. The summed E-state index contributed by atoms with van der Waals surface area (Å²) in [4.78, 5) is 8.68. The molecule has 4 rings (SSSR count). The summed E-state index contributed by atoms with van der Waals surface area (Å²) in [5.74, 6) is 0. The first-order chi connectivity index (χ1) is 9.67. The molecule has 2 heterocycles. The number of fused-ring (bicyclic) bond motifs is 3. The molecule has 0 amide bonds. The molecule has 1 aromatic heterocycles. The Morgan fingerprint density at radius 1 is 1.35 bits per heavy atom. The summed E-state index contributed by atoms with van der Waals surface area (Å²) in [5.41, 5.74) is 1.79. The Balaban J connectivity index is 1.80. The molecule has 3 nitrogen and oxygen atoms in total. The predicted octanol–water partition coefficient (Wildman–Crippen LogP) is 3.00. The molecule has 1 aliphatic heterocycles. The quantitative estimate of drug-likeness (QED) is 0.881. The van der Waals surface area contributed by atoms with Gasteiger partial charge in [-0.3, -0.25) is 4.98 Å². The molecular weight excluding hydrogens is 292 g/mol. The summed E-state index contributed by atoms with van der Waals surface area (Å²) in [6.45, 7) is 0. The van der Waals surface area contributed by atoms with E-state index >= 15 is 0 Å². The normalized spacial score (nSPS) is 27.1. The summed E-state index contributed by atoms with van der Waals surface area (Å²) in [5, 5.41) is 12.5. The Bertz CT molecular complexity index is 719. The average Bonchev–Trinajstić information content (AvgIpc) is 2.90. The van der Waals surface area contributed by atoms with Crippen molar-refractivity contribution >= 4 is 28.4 Å². The van der Waals surface area contributed by atoms with Crippen LogP contribution < -0.4 is 0 Å². The highest BCUT2D eigenvalue weighted by Gasteiger charge is 2.50. The summed E-state index contributed by atoms with van der Waals surface area (Å²) in [6, 6.07) is 9.46. The van der Waals surface area contributed by atoms with Crippen LogP contribution in [0.5, 0.6) is 0 Å². The molecule has 1 aliphatic carbocycles. The number of aromatic nitrogens is 1. The van der Waals surface area contributed by atoms with Gasteiger partial charge in [0.1, 0.15) is 5.04 Å². The molecule has 0 radical (unpaired) electrons. The first kappa shape index (κ1) is 12.4. The van der Waals surface area contributed by atoms with Crippen molar-refractivity contribution in [2.75, 3.05) is 0 Å². The minimum absolute atomic E-state index is 0.0196. The third-order valence-electron chi connectivity index (χ3n) is 3.75. The van der Waals surface area contributed by atoms with Crippen LogP contribution >= 0.6 is 23.4 Å². The Kier molecular flexibility index (Phi) is 2.67. The lowest BCUT2D eigenvalue weighted by Crippen LogP contribution is -2.27. The van der Waals surface area contributed by atoms with Crippen molar-refractivity contribution in [3.8, 4) is 0 Å². The SMILES string of the molecule is OC12N=C(c3cccnc3)SC1Cc1cc(Cl)ccc12. The van der Waals surface area contributed by atoms with Crippen molar-refractivity contribution < 1.29 is 5.11 Å². The van der Waals surface area contributed by atoms with E-state index in [9.17, 15) is 5.11 Å². The minimum atomic E-state index is -1.13. The number of hydrogen-bond acceptors (Lipinski definition) is 4. The van der Waals surface area contributed by atoms with Crippen LogP contribution in [0.1, 0.15) is 16.7 Å². The van der Waals surface area contributed by atoms with Crippen molar-refractivity contribution in [2.24, 2.45) is 4.99 Å². The highest BCUT2D eigenvalue weighted by molar-refractivity contribution is 8.15. The van der Waals surface area contributed by atoms with Gasteiger partial charge in [-0.25, -0.2) is 4.99 Å². The lowest BCUT2D eigenvalue weighted by molar-refractivity contribution is 0.0581. The number of hydrogen-bond donors (Lipinski definition) is 1. The fourth-order valence-corrected chi connectivity index (χ4v) is 4.32. The largest absolute Gasteiger partial charge is 0.365 e. The third-order valence-corrected chi connectivity index (χ3v) is 5.32. The van der Waals surface area contributed by atoms with Crippen molar-refractivity contribution in [3.63, 3.8) is 0 Å². The molecule has 100 valence electrons. The number of halogens is 1. The zero-order valence-corrected chi connectivity index (χ0v) is 12.0. The number of thioether (sulfide) groups is 1. The van der Waals surface area contributed by atoms with Crippen LogP contribution in [0.3, 0.4) is 0 Å². The van der Waals surface area contributed by atoms with E-state index in [1.54, 1.807) is 24.2 Å². The molecule has 0 fully saturated rings. The average molecular weight is 303 g/mol. The van der Waals surface area contributed by atoms with Crippen LogP contribution in [0.2, 0.25) is 5.02 Å². The van der Waals surface area contributed by atoms with E-state index in [0.717, 1.165) is 28.2 Å². The van der Waals surface area contributed by atoms with E-state index in [-0.39, 0.29) is 5.25 Å². The van der Waals surface area contributed by atoms with E-state index in [4.69, 9.17) is 11.6 Å². The zero-order valence-electron chi connectivity index (χ0n) is 10.5. The van der Waals surface area contributed by atoms with Gasteiger partial charge in [-0.2, -0.15) is 0 Å². The van der Waals surface area contributed by atoms with Gasteiger partial charge in [-0.15, -0.1) is 0 Å². The Morgan fingerprint density at radius 3 is 3.05 bits per heavy atom. The smallest absolute Gasteiger partial charge is 0.196 e. The molecular formula is C15H11ClN2OS. The van der Waals surface area contributed by atoms with Gasteiger partial charge >= 0.3 is 0 Å². The van der Waals surface area contributed by atoms with E-state index < -0.39 is 5.72 Å². The van der Waals surface area contributed by atoms with Gasteiger partial charge in [-0.1, -0.05) is 29.4 Å². The molecule has 2 unspecified atom stereocenters. The van der Waals surface area contributed by atoms with Crippen molar-refractivity contribution in [3.05, 3.63) is 64.4 Å². The summed E-state index contributed by atoms with van der Waals surface area (Å²) in [7, 11) is 0. The van der Waals surface area contributed by atoms with E-state index in [0.29, 0.717) is 5.02 Å².